The van der Waals surface area contributed by atoms with E-state index in [1.807, 2.05) is 0 Å². The highest BCUT2D eigenvalue weighted by molar-refractivity contribution is 7.10. The van der Waals surface area contributed by atoms with E-state index in [0.29, 0.717) is 5.54 Å². The third-order valence-corrected chi connectivity index (χ3v) is 4.37. The van der Waals surface area contributed by atoms with Gasteiger partial charge < -0.3 is 11.1 Å². The number of nitrogens with two attached hydrogens (primary N) is 1. The van der Waals surface area contributed by atoms with Gasteiger partial charge in [-0.15, -0.1) is 11.3 Å². The van der Waals surface area contributed by atoms with Crippen LogP contribution in [0.3, 0.4) is 0 Å². The van der Waals surface area contributed by atoms with Crippen molar-refractivity contribution >= 4 is 11.3 Å². The van der Waals surface area contributed by atoms with Crippen molar-refractivity contribution in [2.75, 3.05) is 6.54 Å². The van der Waals surface area contributed by atoms with Crippen molar-refractivity contribution in [1.82, 2.24) is 5.32 Å². The van der Waals surface area contributed by atoms with Crippen molar-refractivity contribution in [3.63, 3.8) is 0 Å². The molecule has 3 N–H and O–H groups in total. The lowest BCUT2D eigenvalue weighted by molar-refractivity contribution is 0.354. The fourth-order valence-corrected chi connectivity index (χ4v) is 3.02. The normalized spacial score (nSPS) is 21.7. The van der Waals surface area contributed by atoms with Gasteiger partial charge in [0.2, 0.25) is 0 Å². The van der Waals surface area contributed by atoms with Gasteiger partial charge in [0.1, 0.15) is 0 Å². The van der Waals surface area contributed by atoms with Crippen molar-refractivity contribution in [1.29, 1.82) is 0 Å². The summed E-state index contributed by atoms with van der Waals surface area (Å²) in [4.78, 5) is 1.28. The second kappa shape index (κ2) is 4.64. The van der Waals surface area contributed by atoms with Gasteiger partial charge in [-0.2, -0.15) is 0 Å². The van der Waals surface area contributed by atoms with Crippen LogP contribution >= 0.6 is 11.3 Å². The van der Waals surface area contributed by atoms with Gasteiger partial charge in [0.05, 0.1) is 6.04 Å². The molecule has 0 spiro atoms. The minimum Gasteiger partial charge on any atom is -0.322 e. The summed E-state index contributed by atoms with van der Waals surface area (Å²) in [6.45, 7) is 3.22. The Morgan fingerprint density at radius 3 is 2.87 bits per heavy atom. The van der Waals surface area contributed by atoms with E-state index in [1.165, 1.54) is 30.6 Å². The highest BCUT2D eigenvalue weighted by atomic mass is 32.1. The van der Waals surface area contributed by atoms with Crippen LogP contribution < -0.4 is 11.1 Å². The third kappa shape index (κ3) is 2.80. The summed E-state index contributed by atoms with van der Waals surface area (Å²) in [5, 5.41) is 5.72. The minimum absolute atomic E-state index is 0.155. The van der Waals surface area contributed by atoms with Crippen molar-refractivity contribution in [3.05, 3.63) is 22.4 Å². The molecule has 0 saturated heterocycles. The molecule has 0 radical (unpaired) electrons. The van der Waals surface area contributed by atoms with E-state index in [0.717, 1.165) is 6.54 Å². The van der Waals surface area contributed by atoms with Gasteiger partial charge in [-0.3, -0.25) is 0 Å². The summed E-state index contributed by atoms with van der Waals surface area (Å²) >= 11 is 1.75. The average Bonchev–Trinajstić information content (AvgIpc) is 2.85. The lowest BCUT2D eigenvalue weighted by atomic mass is 10.0. The fourth-order valence-electron chi connectivity index (χ4n) is 2.29. The Morgan fingerprint density at radius 2 is 2.27 bits per heavy atom. The average molecular weight is 224 g/mol. The van der Waals surface area contributed by atoms with Crippen LogP contribution in [0, 0.1) is 0 Å². The van der Waals surface area contributed by atoms with Crippen molar-refractivity contribution in [2.24, 2.45) is 5.73 Å². The molecule has 1 aliphatic rings. The second-order valence-electron chi connectivity index (χ2n) is 4.77. The molecule has 2 rings (SSSR count). The number of thiophene rings is 1. The molecular formula is C12H20N2S. The number of nitrogens with one attached hydrogen (secondary N) is 1. The molecule has 3 heteroatoms. The van der Waals surface area contributed by atoms with Gasteiger partial charge in [-0.25, -0.2) is 0 Å². The Morgan fingerprint density at radius 1 is 1.53 bits per heavy atom. The molecule has 2 nitrogen and oxygen atoms in total. The highest BCUT2D eigenvalue weighted by Crippen LogP contribution is 2.29. The van der Waals surface area contributed by atoms with Crippen molar-refractivity contribution in [3.8, 4) is 0 Å². The lowest BCUT2D eigenvalue weighted by Gasteiger charge is -2.27. The smallest absolute Gasteiger partial charge is 0.0516 e. The predicted octanol–water partition coefficient (Wildman–Crippen LogP) is 2.67. The first-order chi connectivity index (χ1) is 7.20. The number of hydrogen-bond acceptors (Lipinski definition) is 3. The first-order valence-corrected chi connectivity index (χ1v) is 6.62. The maximum absolute atomic E-state index is 6.12. The van der Waals surface area contributed by atoms with E-state index in [4.69, 9.17) is 5.73 Å². The molecule has 1 saturated carbocycles. The molecule has 1 aliphatic carbocycles. The van der Waals surface area contributed by atoms with Crippen LogP contribution in [0.15, 0.2) is 17.5 Å². The van der Waals surface area contributed by atoms with Crippen LogP contribution in [0.2, 0.25) is 0 Å². The van der Waals surface area contributed by atoms with Crippen LogP contribution in [-0.2, 0) is 0 Å². The van der Waals surface area contributed by atoms with E-state index >= 15 is 0 Å². The van der Waals surface area contributed by atoms with E-state index in [1.54, 1.807) is 11.3 Å². The molecule has 1 heterocycles. The summed E-state index contributed by atoms with van der Waals surface area (Å²) in [7, 11) is 0. The Hall–Kier alpha value is -0.380. The van der Waals surface area contributed by atoms with Gasteiger partial charge >= 0.3 is 0 Å². The molecule has 1 atom stereocenters. The molecule has 15 heavy (non-hydrogen) atoms. The standard InChI is InChI=1S/C12H20N2S/c1-12(6-2-3-7-12)14-9-10(13)11-5-4-8-15-11/h4-5,8,10,14H,2-3,6-7,9,13H2,1H3. The molecule has 0 bridgehead atoms. The lowest BCUT2D eigenvalue weighted by Crippen LogP contribution is -2.43. The Bertz CT molecular complexity index is 289. The molecule has 0 amide bonds. The fraction of sp³-hybridized carbons (Fsp3) is 0.667. The zero-order valence-corrected chi connectivity index (χ0v) is 10.1. The summed E-state index contributed by atoms with van der Waals surface area (Å²) in [6.07, 6.45) is 5.31. The zero-order chi connectivity index (χ0) is 10.7. The molecule has 1 unspecified atom stereocenters. The van der Waals surface area contributed by atoms with Crippen LogP contribution in [0.4, 0.5) is 0 Å². The van der Waals surface area contributed by atoms with Gasteiger partial charge in [0.25, 0.3) is 0 Å². The summed E-state index contributed by atoms with van der Waals surface area (Å²) in [6, 6.07) is 4.34. The SMILES string of the molecule is CC1(NCC(N)c2cccs2)CCCC1. The minimum atomic E-state index is 0.155. The van der Waals surface area contributed by atoms with Crippen molar-refractivity contribution in [2.45, 2.75) is 44.2 Å². The van der Waals surface area contributed by atoms with E-state index < -0.39 is 0 Å². The highest BCUT2D eigenvalue weighted by Gasteiger charge is 2.28. The first kappa shape index (κ1) is 11.1. The van der Waals surface area contributed by atoms with Gasteiger partial charge in [0, 0.05) is 17.0 Å². The number of rotatable bonds is 4. The first-order valence-electron chi connectivity index (χ1n) is 5.74. The quantitative estimate of drug-likeness (QED) is 0.825. The second-order valence-corrected chi connectivity index (χ2v) is 5.75. The van der Waals surface area contributed by atoms with Gasteiger partial charge in [-0.05, 0) is 31.2 Å². The zero-order valence-electron chi connectivity index (χ0n) is 9.33. The van der Waals surface area contributed by atoms with E-state index in [-0.39, 0.29) is 6.04 Å². The van der Waals surface area contributed by atoms with Crippen LogP contribution in [-0.4, -0.2) is 12.1 Å². The topological polar surface area (TPSA) is 38.0 Å². The van der Waals surface area contributed by atoms with Gasteiger partial charge in [-0.1, -0.05) is 18.9 Å². The summed E-state index contributed by atoms with van der Waals surface area (Å²) in [5.74, 6) is 0. The number of hydrogen-bond donors (Lipinski definition) is 2. The maximum atomic E-state index is 6.12. The Labute approximate surface area is 95.9 Å². The molecule has 1 fully saturated rings. The van der Waals surface area contributed by atoms with Crippen molar-refractivity contribution < 1.29 is 0 Å². The molecule has 0 aliphatic heterocycles. The maximum Gasteiger partial charge on any atom is 0.0516 e. The molecule has 1 aromatic heterocycles. The Balaban J connectivity index is 1.83. The van der Waals surface area contributed by atoms with E-state index in [9.17, 15) is 0 Å². The Kier molecular flexibility index (Phi) is 3.44. The van der Waals surface area contributed by atoms with Crippen LogP contribution in [0.25, 0.3) is 0 Å². The van der Waals surface area contributed by atoms with Crippen LogP contribution in [0.5, 0.6) is 0 Å². The summed E-state index contributed by atoms with van der Waals surface area (Å²) in [5.41, 5.74) is 6.47. The third-order valence-electron chi connectivity index (χ3n) is 3.36. The van der Waals surface area contributed by atoms with E-state index in [2.05, 4.69) is 29.8 Å². The molecule has 1 aromatic rings. The van der Waals surface area contributed by atoms with Crippen LogP contribution in [0.1, 0.15) is 43.5 Å². The largest absolute Gasteiger partial charge is 0.322 e. The molecule has 0 aromatic carbocycles. The molecule has 84 valence electrons. The van der Waals surface area contributed by atoms with Gasteiger partial charge in [0.15, 0.2) is 0 Å². The predicted molar refractivity (Wildman–Crippen MR) is 66.1 cm³/mol. The monoisotopic (exact) mass is 224 g/mol. The summed E-state index contributed by atoms with van der Waals surface area (Å²) < 4.78 is 0. The molecular weight excluding hydrogens is 204 g/mol.